The van der Waals surface area contributed by atoms with Crippen LogP contribution in [0.2, 0.25) is 0 Å². The number of carbonyl (C=O) groups is 1. The first kappa shape index (κ1) is 17.5. The lowest BCUT2D eigenvalue weighted by Crippen LogP contribution is -2.48. The van der Waals surface area contributed by atoms with Crippen molar-refractivity contribution in [2.45, 2.75) is 50.4 Å². The van der Waals surface area contributed by atoms with Gasteiger partial charge in [-0.15, -0.1) is 0 Å². The van der Waals surface area contributed by atoms with E-state index in [0.717, 1.165) is 74.0 Å². The van der Waals surface area contributed by atoms with E-state index in [1.807, 2.05) is 23.9 Å². The summed E-state index contributed by atoms with van der Waals surface area (Å²) in [6, 6.07) is 0. The Morgan fingerprint density at radius 2 is 2.00 bits per heavy atom. The van der Waals surface area contributed by atoms with E-state index in [2.05, 4.69) is 15.2 Å². The van der Waals surface area contributed by atoms with E-state index in [9.17, 15) is 9.59 Å². The Morgan fingerprint density at radius 3 is 2.82 bits per heavy atom. The summed E-state index contributed by atoms with van der Waals surface area (Å²) < 4.78 is 0. The summed E-state index contributed by atoms with van der Waals surface area (Å²) in [6.45, 7) is 1.35. The van der Waals surface area contributed by atoms with Crippen LogP contribution < -0.4 is 10.5 Å². The normalized spacial score (nSPS) is 23.1. The largest absolute Gasteiger partial charge is 0.348 e. The molecule has 8 nitrogen and oxygen atoms in total. The fourth-order valence-electron chi connectivity index (χ4n) is 5.20. The van der Waals surface area contributed by atoms with Crippen LogP contribution in [-0.2, 0) is 24.7 Å². The molecule has 3 heterocycles. The first-order valence-corrected chi connectivity index (χ1v) is 10.1. The number of hydrogen-bond donors (Lipinski definition) is 2. The van der Waals surface area contributed by atoms with Crippen molar-refractivity contribution in [2.24, 2.45) is 0 Å². The topological polar surface area (TPSA) is 98.0 Å². The van der Waals surface area contributed by atoms with Gasteiger partial charge in [-0.3, -0.25) is 19.7 Å². The van der Waals surface area contributed by atoms with Crippen LogP contribution in [0.25, 0.3) is 0 Å². The minimum absolute atomic E-state index is 0.0181. The first-order chi connectivity index (χ1) is 13.5. The van der Waals surface area contributed by atoms with Crippen LogP contribution in [0.15, 0.2) is 4.79 Å². The van der Waals surface area contributed by atoms with Crippen molar-refractivity contribution in [3.63, 3.8) is 0 Å². The molecule has 1 fully saturated rings. The molecule has 1 unspecified atom stereocenters. The molecule has 8 heteroatoms. The third-order valence-electron chi connectivity index (χ3n) is 6.66. The zero-order valence-electron chi connectivity index (χ0n) is 16.5. The van der Waals surface area contributed by atoms with Crippen molar-refractivity contribution in [1.82, 2.24) is 25.1 Å². The molecule has 1 aliphatic heterocycles. The molecule has 0 saturated carbocycles. The lowest BCUT2D eigenvalue weighted by molar-refractivity contribution is 0.0626. The van der Waals surface area contributed by atoms with Gasteiger partial charge in [-0.25, -0.2) is 4.98 Å². The monoisotopic (exact) mass is 382 g/mol. The van der Waals surface area contributed by atoms with Gasteiger partial charge in [0.25, 0.3) is 11.5 Å². The number of carbonyl (C=O) groups excluding carboxylic acids is 1. The Morgan fingerprint density at radius 1 is 1.14 bits per heavy atom. The summed E-state index contributed by atoms with van der Waals surface area (Å²) in [4.78, 5) is 37.3. The molecule has 3 aliphatic rings. The zero-order chi connectivity index (χ0) is 19.5. The highest BCUT2D eigenvalue weighted by Crippen LogP contribution is 2.43. The Labute approximate surface area is 163 Å². The average Bonchev–Trinajstić information content (AvgIpc) is 3.37. The number of anilines is 1. The maximum atomic E-state index is 13.3. The summed E-state index contributed by atoms with van der Waals surface area (Å²) in [5.41, 5.74) is 4.23. The van der Waals surface area contributed by atoms with Crippen LogP contribution in [0.5, 0.6) is 0 Å². The third kappa shape index (κ3) is 2.50. The lowest BCUT2D eigenvalue weighted by atomic mass is 9.77. The van der Waals surface area contributed by atoms with Crippen molar-refractivity contribution in [1.29, 1.82) is 0 Å². The maximum absolute atomic E-state index is 13.3. The van der Waals surface area contributed by atoms with E-state index in [4.69, 9.17) is 4.98 Å². The number of nitrogens with one attached hydrogen (secondary N) is 2. The summed E-state index contributed by atoms with van der Waals surface area (Å²) in [5, 5.41) is 7.38. The second kappa shape index (κ2) is 6.18. The van der Waals surface area contributed by atoms with E-state index in [-0.39, 0.29) is 16.9 Å². The van der Waals surface area contributed by atoms with Gasteiger partial charge in [-0.1, -0.05) is 0 Å². The molecule has 28 heavy (non-hydrogen) atoms. The van der Waals surface area contributed by atoms with E-state index in [0.29, 0.717) is 18.2 Å². The zero-order valence-corrected chi connectivity index (χ0v) is 16.5. The first-order valence-electron chi connectivity index (χ1n) is 10.1. The predicted octanol–water partition coefficient (Wildman–Crippen LogP) is 1.17. The van der Waals surface area contributed by atoms with Crippen molar-refractivity contribution in [2.75, 3.05) is 32.1 Å². The number of nitrogens with zero attached hydrogens (tertiary/aromatic N) is 4. The molecule has 0 aromatic carbocycles. The molecule has 0 radical (unpaired) electrons. The molecular formula is C20H26N6O2. The predicted molar refractivity (Wildman–Crippen MR) is 105 cm³/mol. The van der Waals surface area contributed by atoms with E-state index >= 15 is 0 Å². The molecule has 148 valence electrons. The summed E-state index contributed by atoms with van der Waals surface area (Å²) >= 11 is 0. The molecule has 2 aliphatic carbocycles. The summed E-state index contributed by atoms with van der Waals surface area (Å²) in [6.07, 6.45) is 6.48. The van der Waals surface area contributed by atoms with Gasteiger partial charge in [0.1, 0.15) is 0 Å². The van der Waals surface area contributed by atoms with Crippen molar-refractivity contribution >= 4 is 11.9 Å². The molecule has 1 spiro atoms. The molecule has 5 rings (SSSR count). The van der Waals surface area contributed by atoms with Crippen LogP contribution in [0.4, 0.5) is 5.95 Å². The van der Waals surface area contributed by atoms with Crippen LogP contribution >= 0.6 is 0 Å². The third-order valence-corrected chi connectivity index (χ3v) is 6.66. The molecule has 2 aromatic rings. The Balaban J connectivity index is 1.49. The smallest absolute Gasteiger partial charge is 0.274 e. The van der Waals surface area contributed by atoms with Crippen LogP contribution in [0.1, 0.15) is 58.7 Å². The second-order valence-electron chi connectivity index (χ2n) is 8.60. The highest BCUT2D eigenvalue weighted by atomic mass is 16.2. The van der Waals surface area contributed by atoms with Gasteiger partial charge in [0.2, 0.25) is 5.95 Å². The van der Waals surface area contributed by atoms with Gasteiger partial charge in [-0.05, 0) is 44.9 Å². The quantitative estimate of drug-likeness (QED) is 0.812. The van der Waals surface area contributed by atoms with E-state index < -0.39 is 0 Å². The minimum atomic E-state index is -0.220. The molecule has 1 atom stereocenters. The molecule has 1 amide bonds. The highest BCUT2D eigenvalue weighted by Gasteiger charge is 2.46. The number of amides is 1. The van der Waals surface area contributed by atoms with Gasteiger partial charge < -0.3 is 9.80 Å². The number of fused-ring (bicyclic) bond motifs is 3. The van der Waals surface area contributed by atoms with Gasteiger partial charge >= 0.3 is 0 Å². The van der Waals surface area contributed by atoms with E-state index in [1.54, 1.807) is 0 Å². The molecule has 0 bridgehead atoms. The van der Waals surface area contributed by atoms with Crippen LogP contribution in [0, 0.1) is 0 Å². The Bertz CT molecular complexity index is 1010. The maximum Gasteiger partial charge on any atom is 0.274 e. The Hall–Kier alpha value is -2.64. The standard InChI is InChI=1S/C20H26N6O2/c1-25(2)19-21-16-13(17(27)22-19)7-9-20(16)8-4-10-26(11-20)18(28)15-12-5-3-6-14(12)23-24-15/h3-11H2,1-2H3,(H,23,24)(H,21,22,27). The minimum Gasteiger partial charge on any atom is -0.348 e. The van der Waals surface area contributed by atoms with Crippen molar-refractivity contribution in [3.05, 3.63) is 38.6 Å². The number of aryl methyl sites for hydroxylation is 1. The highest BCUT2D eigenvalue weighted by molar-refractivity contribution is 5.94. The SMILES string of the molecule is CN(C)c1nc2c(c(=O)[nH]1)CCC21CCCN(C(=O)c2n[nH]c3c2CCC3)C1. The van der Waals surface area contributed by atoms with Gasteiger partial charge in [0, 0.05) is 49.4 Å². The fourth-order valence-corrected chi connectivity index (χ4v) is 5.20. The number of H-pyrrole nitrogens is 2. The van der Waals surface area contributed by atoms with Gasteiger partial charge in [-0.2, -0.15) is 5.10 Å². The fraction of sp³-hybridized carbons (Fsp3) is 0.600. The molecule has 1 saturated heterocycles. The number of likely N-dealkylation sites (tertiary alicyclic amines) is 1. The molecule has 2 aromatic heterocycles. The van der Waals surface area contributed by atoms with Crippen molar-refractivity contribution < 1.29 is 4.79 Å². The average molecular weight is 382 g/mol. The number of hydrogen-bond acceptors (Lipinski definition) is 5. The second-order valence-corrected chi connectivity index (χ2v) is 8.60. The van der Waals surface area contributed by atoms with Crippen LogP contribution in [-0.4, -0.2) is 58.2 Å². The van der Waals surface area contributed by atoms with E-state index in [1.165, 1.54) is 0 Å². The Kier molecular flexibility index (Phi) is 3.86. The number of aromatic amines is 2. The molecule has 2 N–H and O–H groups in total. The van der Waals surface area contributed by atoms with Crippen molar-refractivity contribution in [3.8, 4) is 0 Å². The van der Waals surface area contributed by atoms with Gasteiger partial charge in [0.15, 0.2) is 5.69 Å². The van der Waals surface area contributed by atoms with Gasteiger partial charge in [0.05, 0.1) is 5.69 Å². The number of piperidine rings is 1. The number of rotatable bonds is 2. The number of aromatic nitrogens is 4. The summed E-state index contributed by atoms with van der Waals surface area (Å²) in [7, 11) is 3.75. The van der Waals surface area contributed by atoms with Crippen LogP contribution in [0.3, 0.4) is 0 Å². The summed E-state index contributed by atoms with van der Waals surface area (Å²) in [5.74, 6) is 0.600. The lowest BCUT2D eigenvalue weighted by Gasteiger charge is -2.40. The molecular weight excluding hydrogens is 356 g/mol.